The van der Waals surface area contributed by atoms with Crippen molar-refractivity contribution in [2.45, 2.75) is 12.3 Å². The first-order chi connectivity index (χ1) is 14.5. The number of nitro groups is 1. The van der Waals surface area contributed by atoms with Gasteiger partial charge < -0.3 is 20.6 Å². The van der Waals surface area contributed by atoms with Gasteiger partial charge in [-0.15, -0.1) is 5.10 Å². The van der Waals surface area contributed by atoms with Crippen molar-refractivity contribution in [1.29, 1.82) is 0 Å². The number of ether oxygens (including phenoxy) is 1. The van der Waals surface area contributed by atoms with Gasteiger partial charge in [-0.05, 0) is 34.2 Å². The molecule has 30 heavy (non-hydrogen) atoms. The number of benzene rings is 2. The fourth-order valence-corrected chi connectivity index (χ4v) is 3.24. The lowest BCUT2D eigenvalue weighted by Gasteiger charge is -2.08. The molecular formula is C20H20N6O3S. The van der Waals surface area contributed by atoms with Crippen LogP contribution in [-0.2, 0) is 12.3 Å². The Bertz CT molecular complexity index is 1070. The first-order valence-electron chi connectivity index (χ1n) is 8.93. The van der Waals surface area contributed by atoms with E-state index in [4.69, 9.17) is 10.5 Å². The molecule has 2 aromatic carbocycles. The van der Waals surface area contributed by atoms with E-state index in [0.29, 0.717) is 23.2 Å². The number of thioether (sulfide) groups is 1. The van der Waals surface area contributed by atoms with Crippen LogP contribution in [-0.4, -0.2) is 33.2 Å². The van der Waals surface area contributed by atoms with Gasteiger partial charge in [0.15, 0.2) is 5.17 Å². The minimum atomic E-state index is -0.533. The molecule has 9 nitrogen and oxygen atoms in total. The van der Waals surface area contributed by atoms with Gasteiger partial charge in [-0.2, -0.15) is 9.78 Å². The zero-order chi connectivity index (χ0) is 21.3. The van der Waals surface area contributed by atoms with Gasteiger partial charge in [-0.1, -0.05) is 42.1 Å². The van der Waals surface area contributed by atoms with Crippen LogP contribution in [0.5, 0.6) is 5.75 Å². The van der Waals surface area contributed by atoms with Crippen molar-refractivity contribution in [3.05, 3.63) is 87.6 Å². The highest BCUT2D eigenvalue weighted by atomic mass is 32.2. The van der Waals surface area contributed by atoms with E-state index in [-0.39, 0.29) is 5.82 Å². The summed E-state index contributed by atoms with van der Waals surface area (Å²) in [6, 6.07) is 16.8. The molecule has 0 saturated carbocycles. The quantitative estimate of drug-likeness (QED) is 0.256. The van der Waals surface area contributed by atoms with Crippen LogP contribution in [0.4, 0.5) is 5.82 Å². The third-order valence-corrected chi connectivity index (χ3v) is 4.90. The predicted octanol–water partition coefficient (Wildman–Crippen LogP) is 3.43. The largest absolute Gasteiger partial charge is 0.496 e. The second-order valence-electron chi connectivity index (χ2n) is 6.16. The maximum absolute atomic E-state index is 10.8. The summed E-state index contributed by atoms with van der Waals surface area (Å²) in [6.07, 6.45) is 3.14. The third-order valence-electron chi connectivity index (χ3n) is 4.04. The van der Waals surface area contributed by atoms with Crippen LogP contribution in [0.2, 0.25) is 0 Å². The minimum Gasteiger partial charge on any atom is -0.496 e. The smallest absolute Gasteiger partial charge is 0.389 e. The van der Waals surface area contributed by atoms with E-state index < -0.39 is 4.92 Å². The molecule has 1 heterocycles. The number of methoxy groups -OCH3 is 1. The lowest BCUT2D eigenvalue weighted by Crippen LogP contribution is -2.06. The SMILES string of the molecule is COc1ccc(C=NN=C(N)SCc2ccccc2)cc1Cn1ccc([N+](=O)[O-])n1. The highest BCUT2D eigenvalue weighted by Crippen LogP contribution is 2.21. The van der Waals surface area contributed by atoms with Crippen LogP contribution >= 0.6 is 11.8 Å². The molecule has 0 amide bonds. The Morgan fingerprint density at radius 1 is 1.30 bits per heavy atom. The Balaban J connectivity index is 1.66. The first kappa shape index (κ1) is 21.1. The third kappa shape index (κ3) is 5.92. The Morgan fingerprint density at radius 2 is 2.10 bits per heavy atom. The lowest BCUT2D eigenvalue weighted by atomic mass is 10.1. The van der Waals surface area contributed by atoms with E-state index in [2.05, 4.69) is 15.3 Å². The number of hydrogen-bond acceptors (Lipinski definition) is 7. The molecule has 3 aromatic rings. The summed E-state index contributed by atoms with van der Waals surface area (Å²) in [5, 5.41) is 23.2. The van der Waals surface area contributed by atoms with Gasteiger partial charge in [0.2, 0.25) is 0 Å². The van der Waals surface area contributed by atoms with Gasteiger partial charge in [0.1, 0.15) is 5.75 Å². The molecule has 0 saturated heterocycles. The summed E-state index contributed by atoms with van der Waals surface area (Å²) >= 11 is 1.41. The van der Waals surface area contributed by atoms with Crippen molar-refractivity contribution in [2.75, 3.05) is 7.11 Å². The zero-order valence-corrected chi connectivity index (χ0v) is 17.0. The normalized spacial score (nSPS) is 11.7. The number of amidine groups is 1. The van der Waals surface area contributed by atoms with Crippen molar-refractivity contribution in [3.63, 3.8) is 0 Å². The van der Waals surface area contributed by atoms with Gasteiger partial charge in [0.25, 0.3) is 0 Å². The molecule has 0 aliphatic rings. The topological polar surface area (TPSA) is 121 Å². The van der Waals surface area contributed by atoms with Crippen molar-refractivity contribution in [3.8, 4) is 5.75 Å². The molecule has 1 aromatic heterocycles. The average molecular weight is 424 g/mol. The van der Waals surface area contributed by atoms with Crippen LogP contribution in [0.15, 0.2) is 71.0 Å². The standard InChI is InChI=1S/C20H20N6O3S/c1-29-18-8-7-16(11-17(18)13-25-10-9-19(24-25)26(27)28)12-22-23-20(21)30-14-15-5-3-2-4-6-15/h2-12H,13-14H2,1H3,(H2,21,23). The zero-order valence-electron chi connectivity index (χ0n) is 16.2. The Labute approximate surface area is 177 Å². The summed E-state index contributed by atoms with van der Waals surface area (Å²) in [6.45, 7) is 0.316. The van der Waals surface area contributed by atoms with Crippen molar-refractivity contribution >= 4 is 29.0 Å². The molecule has 0 radical (unpaired) electrons. The molecule has 0 aliphatic heterocycles. The summed E-state index contributed by atoms with van der Waals surface area (Å²) in [5.74, 6) is 1.16. The molecule has 10 heteroatoms. The monoisotopic (exact) mass is 424 g/mol. The second-order valence-corrected chi connectivity index (χ2v) is 7.15. The van der Waals surface area contributed by atoms with Crippen molar-refractivity contribution < 1.29 is 9.66 Å². The van der Waals surface area contributed by atoms with E-state index in [1.54, 1.807) is 25.6 Å². The Hall–Kier alpha value is -3.66. The van der Waals surface area contributed by atoms with Gasteiger partial charge in [0.05, 0.1) is 37.2 Å². The molecule has 3 rings (SSSR count). The Kier molecular flexibility index (Phi) is 7.17. The fraction of sp³-hybridized carbons (Fsp3) is 0.150. The summed E-state index contributed by atoms with van der Waals surface area (Å²) in [5.41, 5.74) is 8.65. The molecular weight excluding hydrogens is 404 g/mol. The van der Waals surface area contributed by atoms with Crippen LogP contribution in [0.3, 0.4) is 0 Å². The number of rotatable bonds is 8. The van der Waals surface area contributed by atoms with Crippen LogP contribution in [0.1, 0.15) is 16.7 Å². The van der Waals surface area contributed by atoms with E-state index in [9.17, 15) is 10.1 Å². The van der Waals surface area contributed by atoms with Gasteiger partial charge >= 0.3 is 5.82 Å². The fourth-order valence-electron chi connectivity index (χ4n) is 2.63. The maximum atomic E-state index is 10.8. The summed E-state index contributed by atoms with van der Waals surface area (Å²) < 4.78 is 6.85. The highest BCUT2D eigenvalue weighted by Gasteiger charge is 2.13. The molecule has 2 N–H and O–H groups in total. The van der Waals surface area contributed by atoms with E-state index in [1.807, 2.05) is 42.5 Å². The van der Waals surface area contributed by atoms with Crippen LogP contribution in [0, 0.1) is 10.1 Å². The van der Waals surface area contributed by atoms with Gasteiger partial charge in [0, 0.05) is 11.3 Å². The highest BCUT2D eigenvalue weighted by molar-refractivity contribution is 8.13. The average Bonchev–Trinajstić information content (AvgIpc) is 3.22. The maximum Gasteiger partial charge on any atom is 0.389 e. The van der Waals surface area contributed by atoms with Crippen LogP contribution < -0.4 is 10.5 Å². The lowest BCUT2D eigenvalue weighted by molar-refractivity contribution is -0.389. The number of hydrogen-bond donors (Lipinski definition) is 1. The molecule has 154 valence electrons. The minimum absolute atomic E-state index is 0.204. The number of aromatic nitrogens is 2. The molecule has 0 atom stereocenters. The second kappa shape index (κ2) is 10.2. The van der Waals surface area contributed by atoms with E-state index in [1.165, 1.54) is 22.5 Å². The summed E-state index contributed by atoms with van der Waals surface area (Å²) in [7, 11) is 1.56. The van der Waals surface area contributed by atoms with Crippen molar-refractivity contribution in [2.24, 2.45) is 15.9 Å². The van der Waals surface area contributed by atoms with Crippen molar-refractivity contribution in [1.82, 2.24) is 9.78 Å². The van der Waals surface area contributed by atoms with Gasteiger partial charge in [-0.25, -0.2) is 0 Å². The Morgan fingerprint density at radius 3 is 2.80 bits per heavy atom. The van der Waals surface area contributed by atoms with E-state index in [0.717, 1.165) is 16.7 Å². The van der Waals surface area contributed by atoms with Gasteiger partial charge in [-0.3, -0.25) is 0 Å². The number of nitrogens with two attached hydrogens (primary N) is 1. The predicted molar refractivity (Wildman–Crippen MR) is 118 cm³/mol. The van der Waals surface area contributed by atoms with E-state index >= 15 is 0 Å². The van der Waals surface area contributed by atoms with Crippen LogP contribution in [0.25, 0.3) is 0 Å². The number of nitrogens with zero attached hydrogens (tertiary/aromatic N) is 5. The molecule has 0 fully saturated rings. The summed E-state index contributed by atoms with van der Waals surface area (Å²) in [4.78, 5) is 10.3. The molecule has 0 unspecified atom stereocenters. The molecule has 0 spiro atoms. The molecule has 0 bridgehead atoms. The molecule has 0 aliphatic carbocycles. The first-order valence-corrected chi connectivity index (χ1v) is 9.91.